The minimum atomic E-state index is 0.0444. The molecule has 5 heteroatoms. The number of pyridine rings is 2. The summed E-state index contributed by atoms with van der Waals surface area (Å²) in [5, 5.41) is 0.910. The van der Waals surface area contributed by atoms with Crippen LogP contribution in [0.25, 0.3) is 10.9 Å². The number of fused-ring (bicyclic) bond motifs is 1. The third-order valence-electron chi connectivity index (χ3n) is 3.94. The third kappa shape index (κ3) is 2.88. The van der Waals surface area contributed by atoms with Crippen LogP contribution in [-0.4, -0.2) is 58.4 Å². The second kappa shape index (κ2) is 6.18. The van der Waals surface area contributed by atoms with Gasteiger partial charge in [0.2, 0.25) is 0 Å². The first-order chi connectivity index (χ1) is 10.3. The molecule has 1 amide bonds. The number of carbonyl (C=O) groups is 1. The summed E-state index contributed by atoms with van der Waals surface area (Å²) in [6, 6.07) is 3.80. The van der Waals surface area contributed by atoms with Gasteiger partial charge in [0, 0.05) is 50.2 Å². The van der Waals surface area contributed by atoms with Crippen molar-refractivity contribution in [1.29, 1.82) is 0 Å². The molecule has 0 atom stereocenters. The fraction of sp³-hybridized carbons (Fsp3) is 0.438. The summed E-state index contributed by atoms with van der Waals surface area (Å²) in [6.07, 6.45) is 6.26. The van der Waals surface area contributed by atoms with Gasteiger partial charge in [-0.2, -0.15) is 0 Å². The lowest BCUT2D eigenvalue weighted by Crippen LogP contribution is -2.48. The van der Waals surface area contributed by atoms with Crippen molar-refractivity contribution in [2.45, 2.75) is 13.3 Å². The highest BCUT2D eigenvalue weighted by molar-refractivity contribution is 6.04. The Morgan fingerprint density at radius 1 is 1.24 bits per heavy atom. The lowest BCUT2D eigenvalue weighted by atomic mass is 10.1. The van der Waals surface area contributed by atoms with E-state index in [4.69, 9.17) is 0 Å². The monoisotopic (exact) mass is 284 g/mol. The Morgan fingerprint density at radius 2 is 2.05 bits per heavy atom. The number of piperazine rings is 1. The Kier molecular flexibility index (Phi) is 4.10. The molecule has 1 saturated heterocycles. The van der Waals surface area contributed by atoms with E-state index in [2.05, 4.69) is 21.8 Å². The quantitative estimate of drug-likeness (QED) is 0.862. The molecule has 2 aromatic heterocycles. The van der Waals surface area contributed by atoms with Gasteiger partial charge in [-0.15, -0.1) is 0 Å². The molecule has 0 aliphatic carbocycles. The van der Waals surface area contributed by atoms with Gasteiger partial charge in [-0.1, -0.05) is 6.92 Å². The number of aromatic nitrogens is 2. The number of carbonyl (C=O) groups excluding carboxylic acids is 1. The van der Waals surface area contributed by atoms with Crippen LogP contribution in [-0.2, 0) is 0 Å². The highest BCUT2D eigenvalue weighted by Gasteiger charge is 2.23. The second-order valence-electron chi connectivity index (χ2n) is 5.40. The summed E-state index contributed by atoms with van der Waals surface area (Å²) in [7, 11) is 0. The summed E-state index contributed by atoms with van der Waals surface area (Å²) >= 11 is 0. The van der Waals surface area contributed by atoms with E-state index in [1.807, 2.05) is 17.0 Å². The Morgan fingerprint density at radius 3 is 2.81 bits per heavy atom. The molecule has 0 spiro atoms. The molecule has 0 aromatic carbocycles. The Labute approximate surface area is 124 Å². The number of rotatable bonds is 3. The van der Waals surface area contributed by atoms with Gasteiger partial charge in [0.25, 0.3) is 5.91 Å². The number of nitrogens with zero attached hydrogens (tertiary/aromatic N) is 4. The lowest BCUT2D eigenvalue weighted by molar-refractivity contribution is 0.0639. The molecule has 3 rings (SSSR count). The molecule has 110 valence electrons. The van der Waals surface area contributed by atoms with E-state index in [1.165, 1.54) is 0 Å². The number of hydrogen-bond acceptors (Lipinski definition) is 4. The van der Waals surface area contributed by atoms with Crippen LogP contribution in [0.15, 0.2) is 30.7 Å². The summed E-state index contributed by atoms with van der Waals surface area (Å²) in [4.78, 5) is 25.5. The summed E-state index contributed by atoms with van der Waals surface area (Å²) in [6.45, 7) is 6.75. The van der Waals surface area contributed by atoms with Crippen molar-refractivity contribution in [2.75, 3.05) is 32.7 Å². The van der Waals surface area contributed by atoms with Gasteiger partial charge in [-0.05, 0) is 25.1 Å². The fourth-order valence-corrected chi connectivity index (χ4v) is 2.82. The Bertz CT molecular complexity index is 630. The molecule has 0 bridgehead atoms. The zero-order chi connectivity index (χ0) is 14.7. The molecule has 0 radical (unpaired) electrons. The van der Waals surface area contributed by atoms with Crippen LogP contribution in [0.4, 0.5) is 0 Å². The predicted octanol–water partition coefficient (Wildman–Crippen LogP) is 1.80. The minimum absolute atomic E-state index is 0.0444. The molecule has 5 nitrogen and oxygen atoms in total. The SMILES string of the molecule is CCCN1CCN(C(=O)c2cncc3cccnc23)CC1. The van der Waals surface area contributed by atoms with Gasteiger partial charge in [-0.25, -0.2) is 0 Å². The average Bonchev–Trinajstić information content (AvgIpc) is 2.55. The molecule has 1 aliphatic heterocycles. The molecule has 0 saturated carbocycles. The van der Waals surface area contributed by atoms with Crippen molar-refractivity contribution in [2.24, 2.45) is 0 Å². The van der Waals surface area contributed by atoms with Gasteiger partial charge in [0.05, 0.1) is 11.1 Å². The Hall–Kier alpha value is -2.01. The predicted molar refractivity (Wildman–Crippen MR) is 82.2 cm³/mol. The molecular weight excluding hydrogens is 264 g/mol. The second-order valence-corrected chi connectivity index (χ2v) is 5.40. The zero-order valence-corrected chi connectivity index (χ0v) is 12.3. The smallest absolute Gasteiger partial charge is 0.257 e. The zero-order valence-electron chi connectivity index (χ0n) is 12.3. The standard InChI is InChI=1S/C16H20N4O/c1-2-6-19-7-9-20(10-8-19)16(21)14-12-17-11-13-4-3-5-18-15(13)14/h3-5,11-12H,2,6-10H2,1H3. The first kappa shape index (κ1) is 13.9. The topological polar surface area (TPSA) is 49.3 Å². The van der Waals surface area contributed by atoms with E-state index in [-0.39, 0.29) is 5.91 Å². The number of amides is 1. The van der Waals surface area contributed by atoms with E-state index in [0.29, 0.717) is 5.56 Å². The van der Waals surface area contributed by atoms with E-state index >= 15 is 0 Å². The van der Waals surface area contributed by atoms with Gasteiger partial charge in [-0.3, -0.25) is 19.7 Å². The summed E-state index contributed by atoms with van der Waals surface area (Å²) in [5.41, 5.74) is 1.35. The fourth-order valence-electron chi connectivity index (χ4n) is 2.82. The van der Waals surface area contributed by atoms with Crippen molar-refractivity contribution < 1.29 is 4.79 Å². The van der Waals surface area contributed by atoms with Gasteiger partial charge in [0.15, 0.2) is 0 Å². The van der Waals surface area contributed by atoms with Crippen molar-refractivity contribution >= 4 is 16.8 Å². The molecule has 0 unspecified atom stereocenters. The molecule has 0 N–H and O–H groups in total. The number of hydrogen-bond donors (Lipinski definition) is 0. The highest BCUT2D eigenvalue weighted by Crippen LogP contribution is 2.17. The van der Waals surface area contributed by atoms with Crippen LogP contribution in [0.2, 0.25) is 0 Å². The molecule has 1 aliphatic rings. The van der Waals surface area contributed by atoms with E-state index in [1.54, 1.807) is 18.6 Å². The van der Waals surface area contributed by atoms with Gasteiger partial charge < -0.3 is 4.90 Å². The Balaban J connectivity index is 1.79. The van der Waals surface area contributed by atoms with E-state index in [9.17, 15) is 4.79 Å². The van der Waals surface area contributed by atoms with Crippen LogP contribution in [0.3, 0.4) is 0 Å². The first-order valence-corrected chi connectivity index (χ1v) is 7.50. The van der Waals surface area contributed by atoms with Crippen LogP contribution in [0.5, 0.6) is 0 Å². The maximum absolute atomic E-state index is 12.7. The van der Waals surface area contributed by atoms with Gasteiger partial charge >= 0.3 is 0 Å². The summed E-state index contributed by atoms with van der Waals surface area (Å²) in [5.74, 6) is 0.0444. The van der Waals surface area contributed by atoms with Crippen molar-refractivity contribution in [3.05, 3.63) is 36.3 Å². The third-order valence-corrected chi connectivity index (χ3v) is 3.94. The largest absolute Gasteiger partial charge is 0.336 e. The normalized spacial score (nSPS) is 16.3. The molecule has 21 heavy (non-hydrogen) atoms. The first-order valence-electron chi connectivity index (χ1n) is 7.50. The molecule has 1 fully saturated rings. The van der Waals surface area contributed by atoms with E-state index in [0.717, 1.165) is 50.0 Å². The van der Waals surface area contributed by atoms with Crippen LogP contribution < -0.4 is 0 Å². The van der Waals surface area contributed by atoms with E-state index < -0.39 is 0 Å². The van der Waals surface area contributed by atoms with Crippen molar-refractivity contribution in [3.8, 4) is 0 Å². The van der Waals surface area contributed by atoms with Crippen LogP contribution >= 0.6 is 0 Å². The van der Waals surface area contributed by atoms with Gasteiger partial charge in [0.1, 0.15) is 0 Å². The average molecular weight is 284 g/mol. The highest BCUT2D eigenvalue weighted by atomic mass is 16.2. The summed E-state index contributed by atoms with van der Waals surface area (Å²) < 4.78 is 0. The lowest BCUT2D eigenvalue weighted by Gasteiger charge is -2.34. The molecular formula is C16H20N4O. The molecule has 2 aromatic rings. The van der Waals surface area contributed by atoms with Crippen LogP contribution in [0, 0.1) is 0 Å². The van der Waals surface area contributed by atoms with Crippen molar-refractivity contribution in [1.82, 2.24) is 19.8 Å². The van der Waals surface area contributed by atoms with Crippen molar-refractivity contribution in [3.63, 3.8) is 0 Å². The maximum atomic E-state index is 12.7. The maximum Gasteiger partial charge on any atom is 0.257 e. The van der Waals surface area contributed by atoms with Crippen LogP contribution in [0.1, 0.15) is 23.7 Å². The minimum Gasteiger partial charge on any atom is -0.336 e. The molecule has 3 heterocycles.